The van der Waals surface area contributed by atoms with Crippen molar-refractivity contribution >= 4 is 11.6 Å². The van der Waals surface area contributed by atoms with Gasteiger partial charge < -0.3 is 4.90 Å². The zero-order valence-corrected chi connectivity index (χ0v) is 13.0. The minimum absolute atomic E-state index is 0.151. The molecule has 0 bridgehead atoms. The number of amides is 1. The Hall–Kier alpha value is -3.45. The number of anilines is 1. The highest BCUT2D eigenvalue weighted by atomic mass is 16.2. The second kappa shape index (κ2) is 7.21. The van der Waals surface area contributed by atoms with Gasteiger partial charge in [0.15, 0.2) is 0 Å². The van der Waals surface area contributed by atoms with Crippen LogP contribution < -0.4 is 4.90 Å². The van der Waals surface area contributed by atoms with E-state index in [9.17, 15) is 4.79 Å². The molecule has 3 aromatic rings. The molecule has 0 radical (unpaired) electrons. The Bertz CT molecular complexity index is 853. The Balaban J connectivity index is 1.94. The molecule has 4 heteroatoms. The van der Waals surface area contributed by atoms with Crippen molar-refractivity contribution in [3.63, 3.8) is 0 Å². The maximum Gasteiger partial charge on any atom is 0.260 e. The summed E-state index contributed by atoms with van der Waals surface area (Å²) >= 11 is 0. The predicted molar refractivity (Wildman–Crippen MR) is 92.3 cm³/mol. The summed E-state index contributed by atoms with van der Waals surface area (Å²) < 4.78 is 0. The highest BCUT2D eigenvalue weighted by Gasteiger charge is 2.18. The molecule has 0 atom stereocenters. The van der Waals surface area contributed by atoms with E-state index >= 15 is 0 Å². The van der Waals surface area contributed by atoms with Gasteiger partial charge in [-0.25, -0.2) is 4.98 Å². The van der Waals surface area contributed by atoms with E-state index in [0.717, 1.165) is 11.3 Å². The van der Waals surface area contributed by atoms with Crippen LogP contribution in [0.4, 0.5) is 5.69 Å². The van der Waals surface area contributed by atoms with Gasteiger partial charge in [-0.15, -0.1) is 0 Å². The van der Waals surface area contributed by atoms with Gasteiger partial charge in [-0.1, -0.05) is 48.5 Å². The van der Waals surface area contributed by atoms with E-state index in [1.807, 2.05) is 66.7 Å². The Morgan fingerprint density at radius 1 is 0.958 bits per heavy atom. The van der Waals surface area contributed by atoms with Crippen LogP contribution in [0.5, 0.6) is 0 Å². The number of carbonyl (C=O) groups excluding carboxylic acids is 1. The molecule has 4 nitrogen and oxygen atoms in total. The quantitative estimate of drug-likeness (QED) is 0.736. The fourth-order valence-corrected chi connectivity index (χ4v) is 2.40. The van der Waals surface area contributed by atoms with Crippen LogP contribution in [0, 0.1) is 11.3 Å². The number of hydrogen-bond donors (Lipinski definition) is 0. The van der Waals surface area contributed by atoms with Crippen molar-refractivity contribution in [2.24, 2.45) is 0 Å². The third-order valence-corrected chi connectivity index (χ3v) is 3.62. The lowest BCUT2D eigenvalue weighted by Crippen LogP contribution is -2.30. The van der Waals surface area contributed by atoms with Crippen molar-refractivity contribution in [3.8, 4) is 6.07 Å². The number of aromatic nitrogens is 1. The van der Waals surface area contributed by atoms with E-state index in [0.29, 0.717) is 17.8 Å². The average Bonchev–Trinajstić information content (AvgIpc) is 2.67. The topological polar surface area (TPSA) is 57.0 Å². The third-order valence-electron chi connectivity index (χ3n) is 3.62. The van der Waals surface area contributed by atoms with Gasteiger partial charge in [-0.05, 0) is 29.8 Å². The normalized spacial score (nSPS) is 9.96. The molecule has 24 heavy (non-hydrogen) atoms. The first-order valence-electron chi connectivity index (χ1n) is 7.55. The molecule has 0 aliphatic rings. The monoisotopic (exact) mass is 313 g/mol. The van der Waals surface area contributed by atoms with Crippen LogP contribution >= 0.6 is 0 Å². The molecule has 3 rings (SSSR count). The lowest BCUT2D eigenvalue weighted by atomic mass is 10.1. The number of benzene rings is 2. The summed E-state index contributed by atoms with van der Waals surface area (Å²) in [7, 11) is 0. The minimum Gasteiger partial charge on any atom is -0.304 e. The Morgan fingerprint density at radius 2 is 1.62 bits per heavy atom. The first kappa shape index (κ1) is 15.4. The highest BCUT2D eigenvalue weighted by molar-refractivity contribution is 6.05. The molecular weight excluding hydrogens is 298 g/mol. The summed E-state index contributed by atoms with van der Waals surface area (Å²) in [5, 5.41) is 8.84. The van der Waals surface area contributed by atoms with Gasteiger partial charge in [-0.2, -0.15) is 5.26 Å². The van der Waals surface area contributed by atoms with Crippen LogP contribution in [0.15, 0.2) is 79.0 Å². The Labute approximate surface area is 140 Å². The van der Waals surface area contributed by atoms with E-state index in [1.165, 1.54) is 6.20 Å². The standard InChI is InChI=1S/C20H15N3O/c21-13-18-12-11-17(14-22-18)20(24)23(19-9-5-2-6-10-19)15-16-7-3-1-4-8-16/h1-12,14H,15H2. The Morgan fingerprint density at radius 3 is 2.21 bits per heavy atom. The Kier molecular flexibility index (Phi) is 4.64. The van der Waals surface area contributed by atoms with Crippen molar-refractivity contribution in [2.45, 2.75) is 6.54 Å². The number of hydrogen-bond acceptors (Lipinski definition) is 3. The maximum absolute atomic E-state index is 13.0. The van der Waals surface area contributed by atoms with Gasteiger partial charge in [0.25, 0.3) is 5.91 Å². The van der Waals surface area contributed by atoms with Gasteiger partial charge in [0, 0.05) is 11.9 Å². The number of rotatable bonds is 4. The molecule has 0 unspecified atom stereocenters. The van der Waals surface area contributed by atoms with Crippen LogP contribution in [-0.2, 0) is 6.54 Å². The van der Waals surface area contributed by atoms with E-state index < -0.39 is 0 Å². The summed E-state index contributed by atoms with van der Waals surface area (Å²) in [6.07, 6.45) is 1.45. The maximum atomic E-state index is 13.0. The molecular formula is C20H15N3O. The van der Waals surface area contributed by atoms with Crippen molar-refractivity contribution in [1.29, 1.82) is 5.26 Å². The molecule has 0 N–H and O–H groups in total. The number of carbonyl (C=O) groups is 1. The fourth-order valence-electron chi connectivity index (χ4n) is 2.40. The lowest BCUT2D eigenvalue weighted by molar-refractivity contribution is 0.0985. The zero-order valence-electron chi connectivity index (χ0n) is 13.0. The molecule has 0 saturated heterocycles. The van der Waals surface area contributed by atoms with Crippen molar-refractivity contribution in [2.75, 3.05) is 4.90 Å². The average molecular weight is 313 g/mol. The van der Waals surface area contributed by atoms with E-state index in [-0.39, 0.29) is 5.91 Å². The largest absolute Gasteiger partial charge is 0.304 e. The molecule has 0 spiro atoms. The first-order chi connectivity index (χ1) is 11.8. The molecule has 0 aliphatic heterocycles. The van der Waals surface area contributed by atoms with Gasteiger partial charge in [0.05, 0.1) is 12.1 Å². The number of nitrogens with zero attached hydrogens (tertiary/aromatic N) is 3. The summed E-state index contributed by atoms with van der Waals surface area (Å²) in [6.45, 7) is 0.462. The smallest absolute Gasteiger partial charge is 0.260 e. The number of nitriles is 1. The molecule has 1 amide bonds. The fraction of sp³-hybridized carbons (Fsp3) is 0.0500. The zero-order chi connectivity index (χ0) is 16.8. The molecule has 0 fully saturated rings. The van der Waals surface area contributed by atoms with Crippen molar-refractivity contribution < 1.29 is 4.79 Å². The minimum atomic E-state index is -0.151. The molecule has 1 aromatic heterocycles. The van der Waals surface area contributed by atoms with Crippen LogP contribution in [0.1, 0.15) is 21.6 Å². The highest BCUT2D eigenvalue weighted by Crippen LogP contribution is 2.19. The molecule has 1 heterocycles. The van der Waals surface area contributed by atoms with Gasteiger partial charge >= 0.3 is 0 Å². The first-order valence-corrected chi connectivity index (χ1v) is 7.55. The molecule has 0 aliphatic carbocycles. The van der Waals surface area contributed by atoms with Crippen molar-refractivity contribution in [3.05, 3.63) is 95.8 Å². The second-order valence-corrected chi connectivity index (χ2v) is 5.26. The van der Waals surface area contributed by atoms with E-state index in [2.05, 4.69) is 4.98 Å². The summed E-state index contributed by atoms with van der Waals surface area (Å²) in [5.41, 5.74) is 2.60. The molecule has 116 valence electrons. The lowest BCUT2D eigenvalue weighted by Gasteiger charge is -2.23. The van der Waals surface area contributed by atoms with Crippen LogP contribution in [0.25, 0.3) is 0 Å². The number of para-hydroxylation sites is 1. The van der Waals surface area contributed by atoms with Crippen LogP contribution in [-0.4, -0.2) is 10.9 Å². The van der Waals surface area contributed by atoms with Crippen LogP contribution in [0.2, 0.25) is 0 Å². The van der Waals surface area contributed by atoms with E-state index in [1.54, 1.807) is 17.0 Å². The second-order valence-electron chi connectivity index (χ2n) is 5.26. The summed E-state index contributed by atoms with van der Waals surface area (Å²) in [4.78, 5) is 18.7. The molecule has 2 aromatic carbocycles. The van der Waals surface area contributed by atoms with E-state index in [4.69, 9.17) is 5.26 Å². The summed E-state index contributed by atoms with van der Waals surface area (Å²) in [5.74, 6) is -0.151. The van der Waals surface area contributed by atoms with Gasteiger partial charge in [0.2, 0.25) is 0 Å². The SMILES string of the molecule is N#Cc1ccc(C(=O)N(Cc2ccccc2)c2ccccc2)cn1. The predicted octanol–water partition coefficient (Wildman–Crippen LogP) is 3.80. The van der Waals surface area contributed by atoms with Crippen molar-refractivity contribution in [1.82, 2.24) is 4.98 Å². The van der Waals surface area contributed by atoms with Gasteiger partial charge in [-0.3, -0.25) is 4.79 Å². The van der Waals surface area contributed by atoms with Gasteiger partial charge in [0.1, 0.15) is 11.8 Å². The third kappa shape index (κ3) is 3.47. The molecule has 0 saturated carbocycles. The number of pyridine rings is 1. The van der Waals surface area contributed by atoms with Crippen LogP contribution in [0.3, 0.4) is 0 Å². The summed E-state index contributed by atoms with van der Waals surface area (Å²) in [6, 6.07) is 24.5.